The molecule has 2 N–H and O–H groups in total. The van der Waals surface area contributed by atoms with Crippen LogP contribution in [0.5, 0.6) is 0 Å². The summed E-state index contributed by atoms with van der Waals surface area (Å²) in [6, 6.07) is 8.32. The van der Waals surface area contributed by atoms with E-state index < -0.39 is 0 Å². The predicted octanol–water partition coefficient (Wildman–Crippen LogP) is 2.88. The Kier molecular flexibility index (Phi) is 5.44. The van der Waals surface area contributed by atoms with E-state index in [2.05, 4.69) is 18.3 Å². The molecule has 17 heavy (non-hydrogen) atoms. The van der Waals surface area contributed by atoms with Crippen LogP contribution in [0.25, 0.3) is 0 Å². The maximum absolute atomic E-state index is 9.18. The maximum Gasteiger partial charge on any atom is 0.0494 e. The first-order valence-electron chi connectivity index (χ1n) is 6.02. The molecule has 3 heteroatoms. The number of nitrogens with one attached hydrogen (secondary N) is 1. The molecule has 1 atom stereocenters. The van der Waals surface area contributed by atoms with Gasteiger partial charge in [0, 0.05) is 29.6 Å². The first-order chi connectivity index (χ1) is 7.93. The molecule has 0 aromatic heterocycles. The van der Waals surface area contributed by atoms with E-state index >= 15 is 0 Å². The molecule has 1 aromatic carbocycles. The number of benzene rings is 1. The average Bonchev–Trinajstić information content (AvgIpc) is 2.27. The van der Waals surface area contributed by atoms with Crippen LogP contribution in [-0.4, -0.2) is 24.3 Å². The van der Waals surface area contributed by atoms with E-state index in [4.69, 9.17) is 11.6 Å². The lowest BCUT2D eigenvalue weighted by Crippen LogP contribution is -2.38. The van der Waals surface area contributed by atoms with Crippen molar-refractivity contribution >= 4 is 11.6 Å². The van der Waals surface area contributed by atoms with Crippen LogP contribution in [-0.2, 0) is 6.42 Å². The molecule has 0 radical (unpaired) electrons. The summed E-state index contributed by atoms with van der Waals surface area (Å²) in [6.07, 6.45) is 0.946. The fourth-order valence-corrected chi connectivity index (χ4v) is 1.81. The number of halogens is 1. The molecule has 0 fully saturated rings. The van der Waals surface area contributed by atoms with Crippen molar-refractivity contribution in [2.24, 2.45) is 5.41 Å². The molecule has 0 aliphatic carbocycles. The lowest BCUT2D eigenvalue weighted by Gasteiger charge is -2.25. The zero-order chi connectivity index (χ0) is 12.9. The normalized spacial score (nSPS) is 13.7. The summed E-state index contributed by atoms with van der Waals surface area (Å²) in [5.74, 6) is 0. The topological polar surface area (TPSA) is 32.3 Å². The first-order valence-corrected chi connectivity index (χ1v) is 6.39. The summed E-state index contributed by atoms with van der Waals surface area (Å²) >= 11 is 5.95. The second-order valence-electron chi connectivity index (χ2n) is 5.44. The van der Waals surface area contributed by atoms with Crippen LogP contribution in [0, 0.1) is 5.41 Å². The van der Waals surface area contributed by atoms with E-state index in [1.165, 1.54) is 5.56 Å². The highest BCUT2D eigenvalue weighted by atomic mass is 35.5. The van der Waals surface area contributed by atoms with Gasteiger partial charge in [0.15, 0.2) is 0 Å². The van der Waals surface area contributed by atoms with E-state index in [1.807, 2.05) is 32.0 Å². The average molecular weight is 256 g/mol. The van der Waals surface area contributed by atoms with Gasteiger partial charge in [-0.3, -0.25) is 0 Å². The minimum absolute atomic E-state index is 0.0669. The second-order valence-corrected chi connectivity index (χ2v) is 5.87. The molecular formula is C14H22ClNO. The molecular weight excluding hydrogens is 234 g/mol. The molecule has 0 aliphatic heterocycles. The van der Waals surface area contributed by atoms with Gasteiger partial charge >= 0.3 is 0 Å². The van der Waals surface area contributed by atoms with Crippen molar-refractivity contribution in [2.45, 2.75) is 33.2 Å². The van der Waals surface area contributed by atoms with Gasteiger partial charge in [0.05, 0.1) is 0 Å². The lowest BCUT2D eigenvalue weighted by atomic mass is 9.94. The van der Waals surface area contributed by atoms with Gasteiger partial charge in [-0.25, -0.2) is 0 Å². The molecule has 0 amide bonds. The Hall–Kier alpha value is -0.570. The fraction of sp³-hybridized carbons (Fsp3) is 0.571. The van der Waals surface area contributed by atoms with Crippen LogP contribution in [0.1, 0.15) is 26.3 Å². The Labute approximate surface area is 109 Å². The zero-order valence-corrected chi connectivity index (χ0v) is 11.6. The smallest absolute Gasteiger partial charge is 0.0494 e. The molecule has 96 valence electrons. The summed E-state index contributed by atoms with van der Waals surface area (Å²) in [5.41, 5.74) is 1.17. The molecule has 0 bridgehead atoms. The number of hydrogen-bond acceptors (Lipinski definition) is 2. The van der Waals surface area contributed by atoms with Crippen LogP contribution >= 0.6 is 11.6 Å². The fourth-order valence-electron chi connectivity index (χ4n) is 1.60. The Balaban J connectivity index is 2.42. The van der Waals surface area contributed by atoms with Crippen LogP contribution < -0.4 is 5.32 Å². The van der Waals surface area contributed by atoms with Gasteiger partial charge in [0.2, 0.25) is 0 Å². The SMILES string of the molecule is CC(Cc1cccc(Cl)c1)NCC(C)(C)CO. The highest BCUT2D eigenvalue weighted by Gasteiger charge is 2.17. The molecule has 1 rings (SSSR count). The molecule has 1 aromatic rings. The summed E-state index contributed by atoms with van der Waals surface area (Å²) in [7, 11) is 0. The minimum atomic E-state index is -0.0669. The predicted molar refractivity (Wildman–Crippen MR) is 73.5 cm³/mol. The van der Waals surface area contributed by atoms with Crippen LogP contribution in [0.4, 0.5) is 0 Å². The van der Waals surface area contributed by atoms with Gasteiger partial charge in [-0.15, -0.1) is 0 Å². The standard InChI is InChI=1S/C14H22ClNO/c1-11(16-9-14(2,3)10-17)7-12-5-4-6-13(15)8-12/h4-6,8,11,16-17H,7,9-10H2,1-3H3. The van der Waals surface area contributed by atoms with E-state index in [0.717, 1.165) is 18.0 Å². The molecule has 1 unspecified atom stereocenters. The van der Waals surface area contributed by atoms with Crippen LogP contribution in [0.3, 0.4) is 0 Å². The van der Waals surface area contributed by atoms with Crippen molar-refractivity contribution in [3.63, 3.8) is 0 Å². The van der Waals surface area contributed by atoms with Gasteiger partial charge in [-0.05, 0) is 31.0 Å². The number of rotatable bonds is 6. The third-order valence-electron chi connectivity index (χ3n) is 2.79. The molecule has 2 nitrogen and oxygen atoms in total. The summed E-state index contributed by atoms with van der Waals surface area (Å²) in [4.78, 5) is 0. The maximum atomic E-state index is 9.18. The largest absolute Gasteiger partial charge is 0.396 e. The quantitative estimate of drug-likeness (QED) is 0.819. The molecule has 0 heterocycles. The second kappa shape index (κ2) is 6.39. The van der Waals surface area contributed by atoms with E-state index in [9.17, 15) is 5.11 Å². The van der Waals surface area contributed by atoms with Crippen molar-refractivity contribution < 1.29 is 5.11 Å². The van der Waals surface area contributed by atoms with Crippen molar-refractivity contribution in [3.05, 3.63) is 34.9 Å². The van der Waals surface area contributed by atoms with Gasteiger partial charge in [0.25, 0.3) is 0 Å². The number of aliphatic hydroxyl groups excluding tert-OH is 1. The third kappa shape index (κ3) is 5.53. The van der Waals surface area contributed by atoms with Crippen molar-refractivity contribution in [3.8, 4) is 0 Å². The highest BCUT2D eigenvalue weighted by molar-refractivity contribution is 6.30. The Bertz CT molecular complexity index is 352. The van der Waals surface area contributed by atoms with E-state index in [1.54, 1.807) is 0 Å². The van der Waals surface area contributed by atoms with Crippen molar-refractivity contribution in [2.75, 3.05) is 13.2 Å². The third-order valence-corrected chi connectivity index (χ3v) is 3.02. The molecule has 0 saturated heterocycles. The van der Waals surface area contributed by atoms with Crippen molar-refractivity contribution in [1.82, 2.24) is 5.32 Å². The van der Waals surface area contributed by atoms with E-state index in [-0.39, 0.29) is 12.0 Å². The van der Waals surface area contributed by atoms with Gasteiger partial charge < -0.3 is 10.4 Å². The van der Waals surface area contributed by atoms with Gasteiger partial charge in [-0.1, -0.05) is 37.6 Å². The molecule has 0 spiro atoms. The highest BCUT2D eigenvalue weighted by Crippen LogP contribution is 2.14. The van der Waals surface area contributed by atoms with Crippen LogP contribution in [0.15, 0.2) is 24.3 Å². The Morgan fingerprint density at radius 3 is 2.71 bits per heavy atom. The number of hydrogen-bond donors (Lipinski definition) is 2. The molecule has 0 saturated carbocycles. The molecule has 0 aliphatic rings. The summed E-state index contributed by atoms with van der Waals surface area (Å²) < 4.78 is 0. The monoisotopic (exact) mass is 255 g/mol. The Morgan fingerprint density at radius 1 is 1.41 bits per heavy atom. The van der Waals surface area contributed by atoms with Gasteiger partial charge in [-0.2, -0.15) is 0 Å². The first kappa shape index (κ1) is 14.5. The van der Waals surface area contributed by atoms with Crippen LogP contribution in [0.2, 0.25) is 5.02 Å². The number of aliphatic hydroxyl groups is 1. The zero-order valence-electron chi connectivity index (χ0n) is 10.8. The minimum Gasteiger partial charge on any atom is -0.396 e. The summed E-state index contributed by atoms with van der Waals surface area (Å²) in [6.45, 7) is 7.25. The van der Waals surface area contributed by atoms with E-state index in [0.29, 0.717) is 6.04 Å². The lowest BCUT2D eigenvalue weighted by molar-refractivity contribution is 0.154. The van der Waals surface area contributed by atoms with Gasteiger partial charge in [0.1, 0.15) is 0 Å². The van der Waals surface area contributed by atoms with Crippen molar-refractivity contribution in [1.29, 1.82) is 0 Å². The summed E-state index contributed by atoms with van der Waals surface area (Å²) in [5, 5.41) is 13.4. The Morgan fingerprint density at radius 2 is 2.12 bits per heavy atom.